The number of hydrogen-bond acceptors (Lipinski definition) is 8. The predicted octanol–water partition coefficient (Wildman–Crippen LogP) is 7.97. The topological polar surface area (TPSA) is 110 Å². The van der Waals surface area contributed by atoms with Gasteiger partial charge in [0.15, 0.2) is 0 Å². The number of halogens is 2. The lowest BCUT2D eigenvalue weighted by Crippen LogP contribution is -2.61. The van der Waals surface area contributed by atoms with Crippen LogP contribution in [0, 0.1) is 10.1 Å². The highest BCUT2D eigenvalue weighted by Crippen LogP contribution is 2.53. The van der Waals surface area contributed by atoms with Gasteiger partial charge in [-0.1, -0.05) is 51.8 Å². The molecule has 9 nitrogen and oxygen atoms in total. The molecule has 12 heteroatoms. The molecule has 7 rings (SSSR count). The molecule has 0 saturated carbocycles. The van der Waals surface area contributed by atoms with Crippen molar-refractivity contribution in [3.63, 3.8) is 0 Å². The van der Waals surface area contributed by atoms with Gasteiger partial charge >= 0.3 is 5.85 Å². The molecule has 1 N–H and O–H groups in total. The van der Waals surface area contributed by atoms with Gasteiger partial charge in [0.1, 0.15) is 17.3 Å². The molecule has 204 valence electrons. The van der Waals surface area contributed by atoms with Crippen molar-refractivity contribution in [3.05, 3.63) is 120 Å². The molecule has 4 heterocycles. The molecule has 0 radical (unpaired) electrons. The van der Waals surface area contributed by atoms with Crippen LogP contribution in [0.25, 0.3) is 17.4 Å². The Morgan fingerprint density at radius 1 is 1.12 bits per heavy atom. The van der Waals surface area contributed by atoms with Gasteiger partial charge in [-0.05, 0) is 65.9 Å². The van der Waals surface area contributed by atoms with Gasteiger partial charge in [-0.3, -0.25) is 20.2 Å². The second-order valence-electron chi connectivity index (χ2n) is 9.58. The first-order valence-electron chi connectivity index (χ1n) is 12.5. The molecule has 2 atom stereocenters. The summed E-state index contributed by atoms with van der Waals surface area (Å²) in [6.07, 6.45) is 2.32. The van der Waals surface area contributed by atoms with E-state index in [9.17, 15) is 14.9 Å². The highest BCUT2D eigenvalue weighted by molar-refractivity contribution is 9.10. The zero-order valence-electron chi connectivity index (χ0n) is 20.9. The van der Waals surface area contributed by atoms with Crippen LogP contribution in [0.4, 0.5) is 10.5 Å². The fourth-order valence-corrected chi connectivity index (χ4v) is 6.59. The third-order valence-electron chi connectivity index (χ3n) is 7.05. The molecule has 3 aliphatic rings. The number of furan rings is 1. The summed E-state index contributed by atoms with van der Waals surface area (Å²) in [4.78, 5) is 24.3. The third kappa shape index (κ3) is 4.50. The van der Waals surface area contributed by atoms with Crippen LogP contribution in [-0.4, -0.2) is 26.7 Å². The minimum Gasteiger partial charge on any atom is -0.457 e. The van der Waals surface area contributed by atoms with Crippen molar-refractivity contribution in [1.29, 1.82) is 0 Å². The molecule has 0 aliphatic carbocycles. The highest BCUT2D eigenvalue weighted by Gasteiger charge is 2.58. The molecule has 3 aliphatic heterocycles. The summed E-state index contributed by atoms with van der Waals surface area (Å²) in [7, 11) is 0. The van der Waals surface area contributed by atoms with Crippen molar-refractivity contribution in [3.8, 4) is 17.1 Å². The Morgan fingerprint density at radius 3 is 2.76 bits per heavy atom. The van der Waals surface area contributed by atoms with Crippen molar-refractivity contribution in [2.45, 2.75) is 18.3 Å². The van der Waals surface area contributed by atoms with Gasteiger partial charge in [0.2, 0.25) is 0 Å². The Labute approximate surface area is 251 Å². The number of non-ortho nitro benzene ring substituents is 1. The summed E-state index contributed by atoms with van der Waals surface area (Å²) in [5.74, 6) is 0.138. The molecule has 1 saturated heterocycles. The van der Waals surface area contributed by atoms with E-state index in [1.807, 2.05) is 42.5 Å². The zero-order chi connectivity index (χ0) is 28.3. The maximum absolute atomic E-state index is 12.9. The Kier molecular flexibility index (Phi) is 6.18. The number of rotatable bonds is 4. The number of hydrogen-bond donors (Lipinski definition) is 1. The molecule has 1 amide bonds. The molecule has 41 heavy (non-hydrogen) atoms. The maximum atomic E-state index is 12.9. The number of nitro benzene ring substituents is 1. The third-order valence-corrected chi connectivity index (χ3v) is 8.70. The van der Waals surface area contributed by atoms with Crippen LogP contribution in [0.15, 0.2) is 97.8 Å². The lowest BCUT2D eigenvalue weighted by molar-refractivity contribution is -0.384. The highest BCUT2D eigenvalue weighted by atomic mass is 79.9. The van der Waals surface area contributed by atoms with E-state index in [1.54, 1.807) is 35.4 Å². The number of fused-ring (bicyclic) bond motifs is 4. The Morgan fingerprint density at radius 2 is 1.95 bits per heavy atom. The second kappa shape index (κ2) is 9.79. The van der Waals surface area contributed by atoms with Gasteiger partial charge < -0.3 is 9.15 Å². The first-order chi connectivity index (χ1) is 19.8. The van der Waals surface area contributed by atoms with E-state index in [0.29, 0.717) is 39.2 Å². The average Bonchev–Trinajstić information content (AvgIpc) is 3.68. The Balaban J connectivity index is 1.32. The van der Waals surface area contributed by atoms with E-state index >= 15 is 0 Å². The lowest BCUT2D eigenvalue weighted by Gasteiger charge is -2.45. The largest absolute Gasteiger partial charge is 0.457 e. The van der Waals surface area contributed by atoms with E-state index in [2.05, 4.69) is 21.2 Å². The number of nitrogens with one attached hydrogen (secondary N) is 1. The van der Waals surface area contributed by atoms with Gasteiger partial charge in [0, 0.05) is 39.2 Å². The quantitative estimate of drug-likeness (QED) is 0.176. The van der Waals surface area contributed by atoms with Crippen molar-refractivity contribution >= 4 is 62.0 Å². The summed E-state index contributed by atoms with van der Waals surface area (Å²) in [6, 6.07) is 22.7. The van der Waals surface area contributed by atoms with Crippen LogP contribution in [-0.2, 0) is 0 Å². The summed E-state index contributed by atoms with van der Waals surface area (Å²) in [5.41, 5.74) is 3.23. The maximum Gasteiger partial charge on any atom is 0.314 e. The van der Waals surface area contributed by atoms with Crippen LogP contribution < -0.4 is 10.1 Å². The smallest absolute Gasteiger partial charge is 0.314 e. The van der Waals surface area contributed by atoms with Crippen LogP contribution in [0.3, 0.4) is 0 Å². The molecule has 1 aromatic heterocycles. The molecule has 0 bridgehead atoms. The van der Waals surface area contributed by atoms with Gasteiger partial charge in [0.05, 0.1) is 21.6 Å². The average molecular weight is 650 g/mol. The van der Waals surface area contributed by atoms with E-state index < -0.39 is 10.8 Å². The van der Waals surface area contributed by atoms with E-state index in [0.717, 1.165) is 33.1 Å². The van der Waals surface area contributed by atoms with Crippen molar-refractivity contribution in [2.75, 3.05) is 0 Å². The first kappa shape index (κ1) is 25.9. The number of hydrazone groups is 1. The summed E-state index contributed by atoms with van der Waals surface area (Å²) >= 11 is 10.7. The van der Waals surface area contributed by atoms with Gasteiger partial charge in [-0.2, -0.15) is 5.10 Å². The zero-order valence-corrected chi connectivity index (χ0v) is 24.1. The molecule has 3 aromatic carbocycles. The summed E-state index contributed by atoms with van der Waals surface area (Å²) in [6.45, 7) is 0. The van der Waals surface area contributed by atoms with E-state index in [1.165, 1.54) is 12.1 Å². The fourth-order valence-electron chi connectivity index (χ4n) is 5.19. The standard InChI is InChI=1S/C29H18BrClN4O5S/c30-18-6-10-26-22(13-18)24-15-23(16-4-7-19(31)8-5-16)33-34(24)29(40-26)27(41-28(36)32-29)14-21-9-11-25(39-21)17-2-1-3-20(12-17)35(37)38/h1-14,24H,15H2,(H,32,36). The number of carbonyl (C=O) groups is 1. The number of amides is 1. The number of ether oxygens (including phenoxy) is 1. The number of thioether (sulfide) groups is 1. The molecule has 1 spiro atoms. The lowest BCUT2D eigenvalue weighted by atomic mass is 9.96. The van der Waals surface area contributed by atoms with Gasteiger partial charge in [-0.15, -0.1) is 0 Å². The molecule has 2 unspecified atom stereocenters. The Bertz CT molecular complexity index is 1810. The van der Waals surface area contributed by atoms with E-state index in [-0.39, 0.29) is 17.0 Å². The minimum absolute atomic E-state index is 0.0331. The molecular formula is C29H18BrClN4O5S. The van der Waals surface area contributed by atoms with Crippen LogP contribution in [0.1, 0.15) is 29.3 Å². The number of carbonyl (C=O) groups excluding carboxylic acids is 1. The number of benzene rings is 3. The second-order valence-corrected chi connectivity index (χ2v) is 11.9. The number of nitro groups is 1. The van der Waals surface area contributed by atoms with E-state index in [4.69, 9.17) is 25.9 Å². The molecule has 1 fully saturated rings. The Hall–Kier alpha value is -4.06. The van der Waals surface area contributed by atoms with Crippen LogP contribution >= 0.6 is 39.3 Å². The van der Waals surface area contributed by atoms with Crippen molar-refractivity contribution in [2.24, 2.45) is 5.10 Å². The normalized spacial score (nSPS) is 21.9. The first-order valence-corrected chi connectivity index (χ1v) is 14.5. The molecule has 4 aromatic rings. The van der Waals surface area contributed by atoms with Crippen molar-refractivity contribution < 1.29 is 18.9 Å². The van der Waals surface area contributed by atoms with Gasteiger partial charge in [-0.25, -0.2) is 5.01 Å². The monoisotopic (exact) mass is 648 g/mol. The van der Waals surface area contributed by atoms with Crippen LogP contribution in [0.2, 0.25) is 5.02 Å². The number of nitrogens with zero attached hydrogens (tertiary/aromatic N) is 3. The van der Waals surface area contributed by atoms with Crippen LogP contribution in [0.5, 0.6) is 5.75 Å². The minimum atomic E-state index is -1.40. The predicted molar refractivity (Wildman–Crippen MR) is 160 cm³/mol. The van der Waals surface area contributed by atoms with Gasteiger partial charge in [0.25, 0.3) is 10.9 Å². The summed E-state index contributed by atoms with van der Waals surface area (Å²) < 4.78 is 13.5. The summed E-state index contributed by atoms with van der Waals surface area (Å²) in [5, 5.41) is 21.4. The fraction of sp³-hybridized carbons (Fsp3) is 0.103. The van der Waals surface area contributed by atoms with Crippen molar-refractivity contribution in [1.82, 2.24) is 10.3 Å². The molecular weight excluding hydrogens is 632 g/mol. The SMILES string of the molecule is O=C1NC2(Oc3ccc(Br)cc3C3CC(c4ccc(Cl)cc4)=NN32)C(=Cc2ccc(-c3cccc([N+](=O)[O-])c3)o2)S1.